The maximum Gasteiger partial charge on any atom is 0.357 e. The molecule has 15 heavy (non-hydrogen) atoms. The van der Waals surface area contributed by atoms with Crippen molar-refractivity contribution >= 4 is 26.9 Å². The predicted octanol–water partition coefficient (Wildman–Crippen LogP) is 1.45. The van der Waals surface area contributed by atoms with E-state index < -0.39 is 10.3 Å². The number of hydrogen-bond acceptors (Lipinski definition) is 3. The molecule has 0 aliphatic rings. The molecule has 1 heterocycles. The van der Waals surface area contributed by atoms with Crippen molar-refractivity contribution in [2.75, 3.05) is 4.72 Å². The molecule has 2 N–H and O–H groups in total. The summed E-state index contributed by atoms with van der Waals surface area (Å²) in [5.74, 6) is 0. The van der Waals surface area contributed by atoms with Crippen LogP contribution in [0.4, 0.5) is 5.69 Å². The van der Waals surface area contributed by atoms with Gasteiger partial charge in [0, 0.05) is 11.6 Å². The predicted molar refractivity (Wildman–Crippen MR) is 56.9 cm³/mol. The number of hydrogen-bond donors (Lipinski definition) is 2. The van der Waals surface area contributed by atoms with Crippen LogP contribution in [0.3, 0.4) is 0 Å². The molecular formula is C9H8N2O3S. The third-order valence-electron chi connectivity index (χ3n) is 1.87. The molecule has 0 spiro atoms. The van der Waals surface area contributed by atoms with E-state index >= 15 is 0 Å². The van der Waals surface area contributed by atoms with E-state index in [1.54, 1.807) is 30.5 Å². The second kappa shape index (κ2) is 3.48. The van der Waals surface area contributed by atoms with Crippen LogP contribution in [0.2, 0.25) is 0 Å². The molecule has 0 radical (unpaired) electrons. The Morgan fingerprint density at radius 3 is 2.67 bits per heavy atom. The summed E-state index contributed by atoms with van der Waals surface area (Å²) in [6, 6.07) is 8.56. The minimum absolute atomic E-state index is 0.260. The van der Waals surface area contributed by atoms with Crippen molar-refractivity contribution in [1.29, 1.82) is 0 Å². The Kier molecular flexibility index (Phi) is 2.29. The van der Waals surface area contributed by atoms with Crippen LogP contribution in [-0.4, -0.2) is 18.0 Å². The first kappa shape index (κ1) is 9.88. The quantitative estimate of drug-likeness (QED) is 0.757. The molecule has 0 bridgehead atoms. The zero-order chi connectivity index (χ0) is 10.9. The van der Waals surface area contributed by atoms with Gasteiger partial charge in [0.1, 0.15) is 0 Å². The highest BCUT2D eigenvalue weighted by molar-refractivity contribution is 7.87. The van der Waals surface area contributed by atoms with Crippen molar-refractivity contribution in [2.45, 2.75) is 0 Å². The molecule has 0 fully saturated rings. The van der Waals surface area contributed by atoms with Crippen LogP contribution < -0.4 is 4.72 Å². The van der Waals surface area contributed by atoms with Gasteiger partial charge < -0.3 is 0 Å². The molecule has 0 amide bonds. The van der Waals surface area contributed by atoms with Gasteiger partial charge in [0.25, 0.3) is 0 Å². The third-order valence-corrected chi connectivity index (χ3v) is 2.35. The number of rotatable bonds is 2. The summed E-state index contributed by atoms with van der Waals surface area (Å²) in [7, 11) is -4.26. The van der Waals surface area contributed by atoms with E-state index in [2.05, 4.69) is 4.98 Å². The fourth-order valence-electron chi connectivity index (χ4n) is 1.33. The average Bonchev–Trinajstić information content (AvgIpc) is 2.16. The van der Waals surface area contributed by atoms with Gasteiger partial charge in [-0.05, 0) is 12.1 Å². The van der Waals surface area contributed by atoms with E-state index in [4.69, 9.17) is 4.55 Å². The monoisotopic (exact) mass is 224 g/mol. The number of pyridine rings is 1. The summed E-state index contributed by atoms with van der Waals surface area (Å²) in [6.45, 7) is 0. The van der Waals surface area contributed by atoms with Gasteiger partial charge in [0.15, 0.2) is 0 Å². The van der Waals surface area contributed by atoms with E-state index in [9.17, 15) is 8.42 Å². The maximum absolute atomic E-state index is 10.7. The van der Waals surface area contributed by atoms with Crippen molar-refractivity contribution in [3.8, 4) is 0 Å². The SMILES string of the molecule is O=S(=O)(O)Nc1cccc2cccnc12. The van der Waals surface area contributed by atoms with E-state index in [0.29, 0.717) is 5.52 Å². The molecule has 0 unspecified atom stereocenters. The summed E-state index contributed by atoms with van der Waals surface area (Å²) >= 11 is 0. The number of aromatic nitrogens is 1. The Bertz CT molecular complexity index is 590. The van der Waals surface area contributed by atoms with E-state index in [-0.39, 0.29) is 5.69 Å². The molecule has 0 atom stereocenters. The van der Waals surface area contributed by atoms with Gasteiger partial charge in [-0.1, -0.05) is 18.2 Å². The molecule has 1 aromatic heterocycles. The van der Waals surface area contributed by atoms with Crippen molar-refractivity contribution < 1.29 is 13.0 Å². The zero-order valence-corrected chi connectivity index (χ0v) is 8.40. The highest BCUT2D eigenvalue weighted by Crippen LogP contribution is 2.20. The lowest BCUT2D eigenvalue weighted by atomic mass is 10.2. The van der Waals surface area contributed by atoms with E-state index in [0.717, 1.165) is 5.39 Å². The fraction of sp³-hybridized carbons (Fsp3) is 0. The van der Waals surface area contributed by atoms with Gasteiger partial charge in [-0.25, -0.2) is 0 Å². The molecule has 2 aromatic rings. The third kappa shape index (κ3) is 2.23. The molecular weight excluding hydrogens is 216 g/mol. The number of fused-ring (bicyclic) bond motifs is 1. The lowest BCUT2D eigenvalue weighted by Gasteiger charge is -2.05. The summed E-state index contributed by atoms with van der Waals surface area (Å²) in [4.78, 5) is 4.03. The number of nitrogens with zero attached hydrogens (tertiary/aromatic N) is 1. The number of benzene rings is 1. The maximum atomic E-state index is 10.7. The average molecular weight is 224 g/mol. The number of anilines is 1. The van der Waals surface area contributed by atoms with E-state index in [1.807, 2.05) is 4.72 Å². The number of nitrogens with one attached hydrogen (secondary N) is 1. The fourth-order valence-corrected chi connectivity index (χ4v) is 1.77. The van der Waals surface area contributed by atoms with Gasteiger partial charge in [-0.15, -0.1) is 0 Å². The Balaban J connectivity index is 2.61. The molecule has 5 nitrogen and oxygen atoms in total. The van der Waals surface area contributed by atoms with Crippen LogP contribution in [0.25, 0.3) is 10.9 Å². The largest absolute Gasteiger partial charge is 0.357 e. The lowest BCUT2D eigenvalue weighted by Crippen LogP contribution is -2.10. The highest BCUT2D eigenvalue weighted by Gasteiger charge is 2.07. The Morgan fingerprint density at radius 2 is 1.93 bits per heavy atom. The van der Waals surface area contributed by atoms with Gasteiger partial charge >= 0.3 is 10.3 Å². The summed E-state index contributed by atoms with van der Waals surface area (Å²) in [5.41, 5.74) is 0.758. The molecule has 78 valence electrons. The Hall–Kier alpha value is -1.66. The first-order valence-electron chi connectivity index (χ1n) is 4.15. The molecule has 0 aliphatic carbocycles. The van der Waals surface area contributed by atoms with Crippen molar-refractivity contribution in [3.05, 3.63) is 36.5 Å². The molecule has 0 saturated heterocycles. The molecule has 1 aromatic carbocycles. The standard InChI is InChI=1S/C9H8N2O3S/c12-15(13,14)11-8-5-1-3-7-4-2-6-10-9(7)8/h1-6,11H,(H,12,13,14). The molecule has 0 aliphatic heterocycles. The van der Waals surface area contributed by atoms with Crippen LogP contribution in [0.15, 0.2) is 36.5 Å². The first-order valence-corrected chi connectivity index (χ1v) is 5.59. The lowest BCUT2D eigenvalue weighted by molar-refractivity contribution is 0.490. The van der Waals surface area contributed by atoms with Crippen molar-refractivity contribution in [3.63, 3.8) is 0 Å². The van der Waals surface area contributed by atoms with Crippen molar-refractivity contribution in [2.24, 2.45) is 0 Å². The molecule has 2 rings (SSSR count). The van der Waals surface area contributed by atoms with Crippen LogP contribution in [-0.2, 0) is 10.3 Å². The van der Waals surface area contributed by atoms with Gasteiger partial charge in [-0.2, -0.15) is 8.42 Å². The zero-order valence-electron chi connectivity index (χ0n) is 7.58. The van der Waals surface area contributed by atoms with Crippen molar-refractivity contribution in [1.82, 2.24) is 4.98 Å². The summed E-state index contributed by atoms with van der Waals surface area (Å²) in [6.07, 6.45) is 1.55. The summed E-state index contributed by atoms with van der Waals surface area (Å²) < 4.78 is 32.0. The Labute approximate surface area is 86.6 Å². The van der Waals surface area contributed by atoms with Gasteiger partial charge in [-0.3, -0.25) is 14.3 Å². The van der Waals surface area contributed by atoms with Crippen LogP contribution in [0.1, 0.15) is 0 Å². The van der Waals surface area contributed by atoms with Crippen LogP contribution >= 0.6 is 0 Å². The second-order valence-corrected chi connectivity index (χ2v) is 4.11. The smallest absolute Gasteiger partial charge is 0.269 e. The number of para-hydroxylation sites is 1. The minimum atomic E-state index is -4.26. The summed E-state index contributed by atoms with van der Waals surface area (Å²) in [5, 5.41) is 0.797. The molecule has 0 saturated carbocycles. The second-order valence-electron chi connectivity index (χ2n) is 2.96. The van der Waals surface area contributed by atoms with Crippen LogP contribution in [0, 0.1) is 0 Å². The van der Waals surface area contributed by atoms with Gasteiger partial charge in [0.05, 0.1) is 11.2 Å². The first-order chi connectivity index (χ1) is 7.06. The highest BCUT2D eigenvalue weighted by atomic mass is 32.2. The topological polar surface area (TPSA) is 79.3 Å². The normalized spacial score (nSPS) is 11.5. The van der Waals surface area contributed by atoms with Gasteiger partial charge in [0.2, 0.25) is 0 Å². The van der Waals surface area contributed by atoms with Crippen LogP contribution in [0.5, 0.6) is 0 Å². The van der Waals surface area contributed by atoms with E-state index in [1.165, 1.54) is 6.07 Å². The Morgan fingerprint density at radius 1 is 1.20 bits per heavy atom. The molecule has 6 heteroatoms. The minimum Gasteiger partial charge on any atom is -0.269 e.